The van der Waals surface area contributed by atoms with Crippen LogP contribution in [0.4, 0.5) is 5.69 Å². The van der Waals surface area contributed by atoms with Crippen LogP contribution in [0.5, 0.6) is 0 Å². The number of aliphatic hydroxyl groups is 1. The molecule has 0 aliphatic carbocycles. The first-order chi connectivity index (χ1) is 9.42. The molecule has 20 heavy (non-hydrogen) atoms. The van der Waals surface area contributed by atoms with Gasteiger partial charge < -0.3 is 10.4 Å². The second-order valence-corrected chi connectivity index (χ2v) is 5.16. The highest BCUT2D eigenvalue weighted by molar-refractivity contribution is 6.31. The first-order valence-electron chi connectivity index (χ1n) is 6.28. The molecule has 0 fully saturated rings. The number of benzene rings is 1. The number of aliphatic hydroxyl groups excluding tert-OH is 1. The number of carbonyl (C=O) groups is 1. The number of rotatable bonds is 6. The molecule has 1 amide bonds. The molecule has 1 aromatic carbocycles. The van der Waals surface area contributed by atoms with E-state index in [4.69, 9.17) is 16.9 Å². The standard InChI is InChI=1S/C14H18ClN3O2/c1-10(19)5-6-18(2)9-14(20)17-13-7-12(15)4-3-11(13)8-16/h3-4,7,10,19H,5-6,9H2,1-2H3,(H,17,20). The molecule has 0 aromatic heterocycles. The SMILES string of the molecule is CC(O)CCN(C)CC(=O)Nc1cc(Cl)ccc1C#N. The van der Waals surface area contributed by atoms with E-state index < -0.39 is 6.10 Å². The molecular formula is C14H18ClN3O2. The van der Waals surface area contributed by atoms with Crippen LogP contribution in [0.1, 0.15) is 18.9 Å². The van der Waals surface area contributed by atoms with Gasteiger partial charge in [-0.05, 0) is 38.6 Å². The summed E-state index contributed by atoms with van der Waals surface area (Å²) in [5, 5.41) is 21.3. The highest BCUT2D eigenvalue weighted by Crippen LogP contribution is 2.20. The van der Waals surface area contributed by atoms with Crippen LogP contribution in [0, 0.1) is 11.3 Å². The summed E-state index contributed by atoms with van der Waals surface area (Å²) in [6.45, 7) is 2.51. The van der Waals surface area contributed by atoms with Crippen molar-refractivity contribution in [1.29, 1.82) is 5.26 Å². The number of likely N-dealkylation sites (N-methyl/N-ethyl adjacent to an activating group) is 1. The van der Waals surface area contributed by atoms with E-state index in [1.54, 1.807) is 37.1 Å². The minimum absolute atomic E-state index is 0.185. The molecule has 108 valence electrons. The number of carbonyl (C=O) groups excluding carboxylic acids is 1. The van der Waals surface area contributed by atoms with Gasteiger partial charge in [0.15, 0.2) is 0 Å². The molecule has 1 atom stereocenters. The van der Waals surface area contributed by atoms with Crippen LogP contribution in [0.3, 0.4) is 0 Å². The fourth-order valence-corrected chi connectivity index (χ4v) is 1.81. The topological polar surface area (TPSA) is 76.4 Å². The quantitative estimate of drug-likeness (QED) is 0.840. The zero-order chi connectivity index (χ0) is 15.1. The lowest BCUT2D eigenvalue weighted by molar-refractivity contribution is -0.117. The van der Waals surface area contributed by atoms with E-state index in [9.17, 15) is 9.90 Å². The maximum absolute atomic E-state index is 11.9. The molecule has 0 aliphatic rings. The molecule has 6 heteroatoms. The summed E-state index contributed by atoms with van der Waals surface area (Å²) >= 11 is 5.85. The van der Waals surface area contributed by atoms with Crippen LogP contribution in [0.2, 0.25) is 5.02 Å². The molecule has 0 aliphatic heterocycles. The molecule has 0 saturated heterocycles. The Morgan fingerprint density at radius 2 is 2.30 bits per heavy atom. The highest BCUT2D eigenvalue weighted by Gasteiger charge is 2.10. The van der Waals surface area contributed by atoms with Crippen molar-refractivity contribution in [3.8, 4) is 6.07 Å². The Morgan fingerprint density at radius 1 is 1.60 bits per heavy atom. The molecule has 1 aromatic rings. The number of hydrogen-bond acceptors (Lipinski definition) is 4. The van der Waals surface area contributed by atoms with E-state index in [0.717, 1.165) is 0 Å². The van der Waals surface area contributed by atoms with Crippen molar-refractivity contribution in [2.24, 2.45) is 0 Å². The third-order valence-corrected chi connectivity index (χ3v) is 2.95. The molecular weight excluding hydrogens is 278 g/mol. The van der Waals surface area contributed by atoms with Crippen molar-refractivity contribution in [1.82, 2.24) is 4.90 Å². The summed E-state index contributed by atoms with van der Waals surface area (Å²) in [4.78, 5) is 13.7. The maximum atomic E-state index is 11.9. The summed E-state index contributed by atoms with van der Waals surface area (Å²) < 4.78 is 0. The number of anilines is 1. The minimum Gasteiger partial charge on any atom is -0.393 e. The van der Waals surface area contributed by atoms with Gasteiger partial charge in [0, 0.05) is 11.6 Å². The van der Waals surface area contributed by atoms with E-state index in [2.05, 4.69) is 5.32 Å². The average molecular weight is 296 g/mol. The van der Waals surface area contributed by atoms with Gasteiger partial charge in [0.25, 0.3) is 0 Å². The predicted molar refractivity (Wildman–Crippen MR) is 78.6 cm³/mol. The Labute approximate surface area is 123 Å². The van der Waals surface area contributed by atoms with Crippen molar-refractivity contribution >= 4 is 23.2 Å². The van der Waals surface area contributed by atoms with Gasteiger partial charge in [0.05, 0.1) is 23.9 Å². The molecule has 0 radical (unpaired) electrons. The van der Waals surface area contributed by atoms with Crippen LogP contribution in [0.25, 0.3) is 0 Å². The molecule has 0 heterocycles. The van der Waals surface area contributed by atoms with E-state index >= 15 is 0 Å². The van der Waals surface area contributed by atoms with Gasteiger partial charge in [-0.15, -0.1) is 0 Å². The summed E-state index contributed by atoms with van der Waals surface area (Å²) in [6, 6.07) is 6.72. The lowest BCUT2D eigenvalue weighted by Gasteiger charge is -2.17. The zero-order valence-electron chi connectivity index (χ0n) is 11.6. The van der Waals surface area contributed by atoms with Gasteiger partial charge in [-0.25, -0.2) is 0 Å². The highest BCUT2D eigenvalue weighted by atomic mass is 35.5. The van der Waals surface area contributed by atoms with Gasteiger partial charge in [-0.2, -0.15) is 5.26 Å². The second-order valence-electron chi connectivity index (χ2n) is 4.73. The van der Waals surface area contributed by atoms with Gasteiger partial charge in [-0.1, -0.05) is 11.6 Å². The maximum Gasteiger partial charge on any atom is 0.238 e. The van der Waals surface area contributed by atoms with Crippen LogP contribution in [0.15, 0.2) is 18.2 Å². The third-order valence-electron chi connectivity index (χ3n) is 2.72. The molecule has 1 unspecified atom stereocenters. The fraction of sp³-hybridized carbons (Fsp3) is 0.429. The van der Waals surface area contributed by atoms with Gasteiger partial charge in [0.2, 0.25) is 5.91 Å². The number of amides is 1. The fourth-order valence-electron chi connectivity index (χ4n) is 1.64. The monoisotopic (exact) mass is 295 g/mol. The smallest absolute Gasteiger partial charge is 0.238 e. The predicted octanol–water partition coefficient (Wildman–Crippen LogP) is 1.85. The molecule has 5 nitrogen and oxygen atoms in total. The van der Waals surface area contributed by atoms with Crippen molar-refractivity contribution < 1.29 is 9.90 Å². The molecule has 0 bridgehead atoms. The second kappa shape index (κ2) is 7.85. The Morgan fingerprint density at radius 3 is 2.90 bits per heavy atom. The minimum atomic E-state index is -0.390. The lowest BCUT2D eigenvalue weighted by Crippen LogP contribution is -2.32. The first-order valence-corrected chi connectivity index (χ1v) is 6.66. The molecule has 1 rings (SSSR count). The van der Waals surface area contributed by atoms with Crippen LogP contribution in [-0.4, -0.2) is 42.2 Å². The Hall–Kier alpha value is -1.61. The largest absolute Gasteiger partial charge is 0.393 e. The molecule has 0 spiro atoms. The Balaban J connectivity index is 2.58. The lowest BCUT2D eigenvalue weighted by atomic mass is 10.2. The van der Waals surface area contributed by atoms with Crippen LogP contribution in [-0.2, 0) is 4.79 Å². The van der Waals surface area contributed by atoms with Crippen molar-refractivity contribution in [2.45, 2.75) is 19.4 Å². The number of nitriles is 1. The van der Waals surface area contributed by atoms with E-state index in [0.29, 0.717) is 29.2 Å². The van der Waals surface area contributed by atoms with E-state index in [-0.39, 0.29) is 12.5 Å². The summed E-state index contributed by atoms with van der Waals surface area (Å²) in [5.74, 6) is -0.225. The third kappa shape index (κ3) is 5.57. The van der Waals surface area contributed by atoms with E-state index in [1.165, 1.54) is 0 Å². The van der Waals surface area contributed by atoms with Gasteiger partial charge in [0.1, 0.15) is 6.07 Å². The first kappa shape index (κ1) is 16.4. The van der Waals surface area contributed by atoms with Crippen LogP contribution < -0.4 is 5.32 Å². The normalized spacial score (nSPS) is 12.0. The van der Waals surface area contributed by atoms with Gasteiger partial charge in [-0.3, -0.25) is 9.69 Å². The van der Waals surface area contributed by atoms with Crippen molar-refractivity contribution in [3.05, 3.63) is 28.8 Å². The Bertz CT molecular complexity index is 512. The summed E-state index contributed by atoms with van der Waals surface area (Å²) in [6.07, 6.45) is 0.211. The summed E-state index contributed by atoms with van der Waals surface area (Å²) in [5.41, 5.74) is 0.781. The van der Waals surface area contributed by atoms with Gasteiger partial charge >= 0.3 is 0 Å². The van der Waals surface area contributed by atoms with Crippen LogP contribution >= 0.6 is 11.6 Å². The molecule has 2 N–H and O–H groups in total. The average Bonchev–Trinajstić information content (AvgIpc) is 2.36. The summed E-state index contributed by atoms with van der Waals surface area (Å²) in [7, 11) is 1.80. The molecule has 0 saturated carbocycles. The number of halogens is 1. The zero-order valence-corrected chi connectivity index (χ0v) is 12.3. The Kier molecular flexibility index (Phi) is 6.46. The number of nitrogens with zero attached hydrogens (tertiary/aromatic N) is 2. The van der Waals surface area contributed by atoms with Crippen molar-refractivity contribution in [3.63, 3.8) is 0 Å². The number of hydrogen-bond donors (Lipinski definition) is 2. The van der Waals surface area contributed by atoms with E-state index in [1.807, 2.05) is 6.07 Å². The van der Waals surface area contributed by atoms with Crippen molar-refractivity contribution in [2.75, 3.05) is 25.5 Å². The number of nitrogens with one attached hydrogen (secondary N) is 1.